The number of para-hydroxylation sites is 1. The van der Waals surface area contributed by atoms with Gasteiger partial charge in [0.25, 0.3) is 0 Å². The van der Waals surface area contributed by atoms with E-state index in [9.17, 15) is 9.90 Å². The van der Waals surface area contributed by atoms with Crippen LogP contribution in [-0.4, -0.2) is 34.0 Å². The zero-order valence-electron chi connectivity index (χ0n) is 17.2. The highest BCUT2D eigenvalue weighted by Gasteiger charge is 2.20. The fourth-order valence-corrected chi connectivity index (χ4v) is 3.85. The highest BCUT2D eigenvalue weighted by atomic mass is 16.5. The number of benzene rings is 2. The molecule has 0 saturated heterocycles. The molecule has 154 valence electrons. The molecule has 1 N–H and O–H groups in total. The van der Waals surface area contributed by atoms with E-state index in [1.165, 1.54) is 0 Å². The molecule has 0 bridgehead atoms. The predicted octanol–water partition coefficient (Wildman–Crippen LogP) is 4.36. The van der Waals surface area contributed by atoms with E-state index in [2.05, 4.69) is 28.2 Å². The van der Waals surface area contributed by atoms with Crippen molar-refractivity contribution in [2.45, 2.75) is 19.9 Å². The molecule has 0 atom stereocenters. The van der Waals surface area contributed by atoms with Gasteiger partial charge in [-0.25, -0.2) is 4.79 Å². The molecule has 0 aliphatic carbocycles. The van der Waals surface area contributed by atoms with Crippen LogP contribution in [0.1, 0.15) is 24.5 Å². The molecule has 0 unspecified atom stereocenters. The summed E-state index contributed by atoms with van der Waals surface area (Å²) in [6.07, 6.45) is 6.12. The molecule has 1 aromatic heterocycles. The lowest BCUT2D eigenvalue weighted by Gasteiger charge is -2.25. The molecule has 0 amide bonds. The van der Waals surface area contributed by atoms with Gasteiger partial charge < -0.3 is 14.7 Å². The number of carboxylic acids is 1. The number of carboxylic acid groups (broad SMARTS) is 1. The maximum atomic E-state index is 11.8. The molecule has 0 spiro atoms. The average Bonchev–Trinajstić information content (AvgIpc) is 3.05. The van der Waals surface area contributed by atoms with E-state index in [0.717, 1.165) is 33.7 Å². The zero-order valence-corrected chi connectivity index (χ0v) is 17.2. The fourth-order valence-electron chi connectivity index (χ4n) is 3.85. The Morgan fingerprint density at radius 1 is 1.23 bits per heavy atom. The average molecular weight is 403 g/mol. The second-order valence-corrected chi connectivity index (χ2v) is 7.37. The summed E-state index contributed by atoms with van der Waals surface area (Å²) in [5.74, 6) is -0.0486. The van der Waals surface area contributed by atoms with E-state index < -0.39 is 5.97 Å². The molecule has 30 heavy (non-hydrogen) atoms. The summed E-state index contributed by atoms with van der Waals surface area (Å²) in [6, 6.07) is 14.1. The number of rotatable bonds is 6. The molecule has 6 heteroatoms. The van der Waals surface area contributed by atoms with Crippen molar-refractivity contribution in [1.82, 2.24) is 9.78 Å². The first-order valence-corrected chi connectivity index (χ1v) is 10.1. The Bertz CT molecular complexity index is 1100. The highest BCUT2D eigenvalue weighted by Crippen LogP contribution is 2.36. The number of anilines is 1. The summed E-state index contributed by atoms with van der Waals surface area (Å²) in [7, 11) is 1.89. The smallest absolute Gasteiger partial charge is 0.331 e. The second-order valence-electron chi connectivity index (χ2n) is 7.37. The van der Waals surface area contributed by atoms with E-state index in [-0.39, 0.29) is 0 Å². The Morgan fingerprint density at radius 3 is 2.80 bits per heavy atom. The van der Waals surface area contributed by atoms with Gasteiger partial charge in [0.1, 0.15) is 5.75 Å². The number of ether oxygens (including phenoxy) is 1. The van der Waals surface area contributed by atoms with Gasteiger partial charge in [0.15, 0.2) is 0 Å². The number of nitrogens with zero attached hydrogens (tertiary/aromatic N) is 3. The van der Waals surface area contributed by atoms with E-state index in [1.807, 2.05) is 50.6 Å². The Labute approximate surface area is 176 Å². The number of aliphatic carboxylic acids is 1. The van der Waals surface area contributed by atoms with Gasteiger partial charge in [0.05, 0.1) is 12.8 Å². The lowest BCUT2D eigenvalue weighted by molar-refractivity contribution is -0.132. The highest BCUT2D eigenvalue weighted by molar-refractivity contribution is 5.94. The van der Waals surface area contributed by atoms with Crippen LogP contribution in [0.15, 0.2) is 60.4 Å². The van der Waals surface area contributed by atoms with Crippen molar-refractivity contribution in [2.75, 3.05) is 18.1 Å². The van der Waals surface area contributed by atoms with E-state index in [4.69, 9.17) is 4.74 Å². The molecule has 0 saturated carbocycles. The Hall–Kier alpha value is -3.54. The van der Waals surface area contributed by atoms with Gasteiger partial charge in [-0.15, -0.1) is 0 Å². The Balaban J connectivity index is 1.77. The maximum Gasteiger partial charge on any atom is 0.331 e. The van der Waals surface area contributed by atoms with E-state index in [1.54, 1.807) is 10.8 Å². The first-order chi connectivity index (χ1) is 14.5. The van der Waals surface area contributed by atoms with Crippen molar-refractivity contribution in [3.8, 4) is 16.9 Å². The number of aromatic nitrogens is 2. The largest absolute Gasteiger partial charge is 0.493 e. The van der Waals surface area contributed by atoms with Gasteiger partial charge in [0.2, 0.25) is 0 Å². The molecule has 6 nitrogen and oxygen atoms in total. The minimum atomic E-state index is -0.871. The molecule has 1 aliphatic heterocycles. The molecular weight excluding hydrogens is 378 g/mol. The number of aryl methyl sites for hydroxylation is 1. The molecule has 0 fully saturated rings. The molecule has 4 rings (SSSR count). The van der Waals surface area contributed by atoms with E-state index >= 15 is 0 Å². The first-order valence-electron chi connectivity index (χ1n) is 10.1. The van der Waals surface area contributed by atoms with Crippen LogP contribution in [0.2, 0.25) is 0 Å². The molecule has 1 aliphatic rings. The predicted molar refractivity (Wildman–Crippen MR) is 118 cm³/mol. The maximum absolute atomic E-state index is 11.8. The van der Waals surface area contributed by atoms with Gasteiger partial charge in [-0.1, -0.05) is 24.3 Å². The topological polar surface area (TPSA) is 67.6 Å². The van der Waals surface area contributed by atoms with Crippen molar-refractivity contribution in [2.24, 2.45) is 7.05 Å². The number of hydrogen-bond acceptors (Lipinski definition) is 4. The number of carbonyl (C=O) groups is 1. The van der Waals surface area contributed by atoms with Crippen LogP contribution in [0.25, 0.3) is 17.2 Å². The minimum absolute atomic E-state index is 0.417. The van der Waals surface area contributed by atoms with Crippen molar-refractivity contribution >= 4 is 17.7 Å². The second kappa shape index (κ2) is 8.45. The van der Waals surface area contributed by atoms with Gasteiger partial charge in [-0.3, -0.25) is 4.68 Å². The van der Waals surface area contributed by atoms with E-state index in [0.29, 0.717) is 31.7 Å². The van der Waals surface area contributed by atoms with Crippen molar-refractivity contribution in [3.05, 3.63) is 71.6 Å². The number of fused-ring (bicyclic) bond motifs is 1. The van der Waals surface area contributed by atoms with Gasteiger partial charge in [-0.05, 0) is 48.7 Å². The summed E-state index contributed by atoms with van der Waals surface area (Å²) in [5, 5.41) is 13.9. The summed E-state index contributed by atoms with van der Waals surface area (Å²) < 4.78 is 7.57. The standard InChI is InChI=1S/C24H25N3O3/c1-3-30-23-7-5-4-6-21(23)18-8-9-22-20(12-18)13-19(24(28)29)10-11-27(22)16-17-14-25-26(2)15-17/h4-9,12-15H,3,10-11,16H2,1-2H3,(H,28,29). The molecule has 2 aromatic carbocycles. The van der Waals surface area contributed by atoms with Crippen LogP contribution in [0.5, 0.6) is 5.75 Å². The van der Waals surface area contributed by atoms with Crippen molar-refractivity contribution in [1.29, 1.82) is 0 Å². The van der Waals surface area contributed by atoms with Gasteiger partial charge in [0, 0.05) is 48.7 Å². The van der Waals surface area contributed by atoms with Crippen LogP contribution in [0, 0.1) is 0 Å². The lowest BCUT2D eigenvalue weighted by atomic mass is 9.99. The zero-order chi connectivity index (χ0) is 21.1. The van der Waals surface area contributed by atoms with Crippen LogP contribution in [0.4, 0.5) is 5.69 Å². The van der Waals surface area contributed by atoms with Crippen LogP contribution < -0.4 is 9.64 Å². The molecule has 3 aromatic rings. The van der Waals surface area contributed by atoms with Gasteiger partial charge >= 0.3 is 5.97 Å². The third-order valence-corrected chi connectivity index (χ3v) is 5.25. The van der Waals surface area contributed by atoms with Crippen LogP contribution >= 0.6 is 0 Å². The van der Waals surface area contributed by atoms with Gasteiger partial charge in [-0.2, -0.15) is 5.10 Å². The Kier molecular flexibility index (Phi) is 5.57. The van der Waals surface area contributed by atoms with Crippen LogP contribution in [-0.2, 0) is 18.4 Å². The van der Waals surface area contributed by atoms with Crippen molar-refractivity contribution in [3.63, 3.8) is 0 Å². The number of hydrogen-bond donors (Lipinski definition) is 1. The first kappa shape index (κ1) is 19.8. The molecule has 0 radical (unpaired) electrons. The lowest BCUT2D eigenvalue weighted by Crippen LogP contribution is -2.24. The monoisotopic (exact) mass is 403 g/mol. The third kappa shape index (κ3) is 4.08. The summed E-state index contributed by atoms with van der Waals surface area (Å²) >= 11 is 0. The fraction of sp³-hybridized carbons (Fsp3) is 0.250. The van der Waals surface area contributed by atoms with Crippen LogP contribution in [0.3, 0.4) is 0 Å². The molecular formula is C24H25N3O3. The quantitative estimate of drug-likeness (QED) is 0.662. The SMILES string of the molecule is CCOc1ccccc1-c1ccc2c(c1)C=C(C(=O)O)CCN2Cc1cnn(C)c1. The summed E-state index contributed by atoms with van der Waals surface area (Å²) in [5.41, 5.74) is 5.43. The normalized spacial score (nSPS) is 13.4. The molecule has 2 heterocycles. The third-order valence-electron chi connectivity index (χ3n) is 5.25. The summed E-state index contributed by atoms with van der Waals surface area (Å²) in [6.45, 7) is 3.86. The van der Waals surface area contributed by atoms with Crippen molar-refractivity contribution < 1.29 is 14.6 Å². The summed E-state index contributed by atoms with van der Waals surface area (Å²) in [4.78, 5) is 14.0. The Morgan fingerprint density at radius 2 is 2.07 bits per heavy atom. The minimum Gasteiger partial charge on any atom is -0.493 e.